The average Bonchev–Trinajstić information content (AvgIpc) is 2.65. The highest BCUT2D eigenvalue weighted by Gasteiger charge is 2.12. The topological polar surface area (TPSA) is 37.0 Å². The summed E-state index contributed by atoms with van der Waals surface area (Å²) in [7, 11) is 0. The third kappa shape index (κ3) is 4.23. The van der Waals surface area contributed by atoms with E-state index in [1.165, 1.54) is 11.1 Å². The summed E-state index contributed by atoms with van der Waals surface area (Å²) in [5.41, 5.74) is 6.88. The summed E-state index contributed by atoms with van der Waals surface area (Å²) < 4.78 is 0. The SMILES string of the molecule is Cc1ccccc1NC(C)c1cccc(C(C)Nc2ccccc2C)n1. The van der Waals surface area contributed by atoms with Crippen molar-refractivity contribution in [3.05, 3.63) is 89.2 Å². The second-order valence-corrected chi connectivity index (χ2v) is 6.85. The average molecular weight is 345 g/mol. The summed E-state index contributed by atoms with van der Waals surface area (Å²) in [5.74, 6) is 0. The monoisotopic (exact) mass is 345 g/mol. The van der Waals surface area contributed by atoms with Crippen LogP contribution < -0.4 is 10.6 Å². The molecule has 2 unspecified atom stereocenters. The van der Waals surface area contributed by atoms with Crippen molar-refractivity contribution in [3.63, 3.8) is 0 Å². The lowest BCUT2D eigenvalue weighted by Crippen LogP contribution is -2.14. The Balaban J connectivity index is 1.75. The van der Waals surface area contributed by atoms with E-state index in [0.29, 0.717) is 0 Å². The number of anilines is 2. The van der Waals surface area contributed by atoms with Crippen LogP contribution in [-0.2, 0) is 0 Å². The Morgan fingerprint density at radius 2 is 1.04 bits per heavy atom. The summed E-state index contributed by atoms with van der Waals surface area (Å²) in [4.78, 5) is 4.90. The van der Waals surface area contributed by atoms with Crippen LogP contribution in [0.4, 0.5) is 11.4 Å². The van der Waals surface area contributed by atoms with E-state index in [1.54, 1.807) is 0 Å². The van der Waals surface area contributed by atoms with E-state index in [9.17, 15) is 0 Å². The van der Waals surface area contributed by atoms with Gasteiger partial charge in [-0.25, -0.2) is 0 Å². The van der Waals surface area contributed by atoms with Crippen molar-refractivity contribution in [2.75, 3.05) is 10.6 Å². The number of aromatic nitrogens is 1. The fourth-order valence-corrected chi connectivity index (χ4v) is 3.04. The number of nitrogens with zero attached hydrogens (tertiary/aromatic N) is 1. The number of hydrogen-bond donors (Lipinski definition) is 2. The first-order valence-corrected chi connectivity index (χ1v) is 9.16. The quantitative estimate of drug-likeness (QED) is 0.571. The van der Waals surface area contributed by atoms with Gasteiger partial charge in [-0.3, -0.25) is 4.98 Å². The Morgan fingerprint density at radius 3 is 1.46 bits per heavy atom. The molecule has 0 aliphatic heterocycles. The summed E-state index contributed by atoms with van der Waals surface area (Å²) in [5, 5.41) is 7.14. The zero-order chi connectivity index (χ0) is 18.5. The molecule has 134 valence electrons. The minimum absolute atomic E-state index is 0.140. The van der Waals surface area contributed by atoms with Crippen molar-refractivity contribution in [1.29, 1.82) is 0 Å². The molecule has 0 bridgehead atoms. The number of benzene rings is 2. The fourth-order valence-electron chi connectivity index (χ4n) is 3.04. The van der Waals surface area contributed by atoms with Gasteiger partial charge in [0.1, 0.15) is 0 Å². The van der Waals surface area contributed by atoms with Crippen molar-refractivity contribution >= 4 is 11.4 Å². The number of rotatable bonds is 6. The van der Waals surface area contributed by atoms with Crippen molar-refractivity contribution in [2.24, 2.45) is 0 Å². The maximum absolute atomic E-state index is 4.90. The number of hydrogen-bond acceptors (Lipinski definition) is 3. The summed E-state index contributed by atoms with van der Waals surface area (Å²) in [6.07, 6.45) is 0. The van der Waals surface area contributed by atoms with Crippen LogP contribution in [0.3, 0.4) is 0 Å². The highest BCUT2D eigenvalue weighted by molar-refractivity contribution is 5.52. The highest BCUT2D eigenvalue weighted by atomic mass is 15.0. The predicted octanol–water partition coefficient (Wildman–Crippen LogP) is 6.04. The third-order valence-electron chi connectivity index (χ3n) is 4.71. The summed E-state index contributed by atoms with van der Waals surface area (Å²) >= 11 is 0. The van der Waals surface area contributed by atoms with Gasteiger partial charge >= 0.3 is 0 Å². The molecule has 3 aromatic rings. The van der Waals surface area contributed by atoms with Crippen molar-refractivity contribution < 1.29 is 0 Å². The third-order valence-corrected chi connectivity index (χ3v) is 4.71. The van der Waals surface area contributed by atoms with Gasteiger partial charge in [0.2, 0.25) is 0 Å². The van der Waals surface area contributed by atoms with E-state index in [2.05, 4.69) is 105 Å². The van der Waals surface area contributed by atoms with E-state index in [0.717, 1.165) is 22.8 Å². The molecule has 1 heterocycles. The Kier molecular flexibility index (Phi) is 5.57. The van der Waals surface area contributed by atoms with E-state index < -0.39 is 0 Å². The van der Waals surface area contributed by atoms with Crippen LogP contribution in [0.15, 0.2) is 66.7 Å². The number of nitrogens with one attached hydrogen (secondary N) is 2. The molecule has 0 spiro atoms. The normalized spacial score (nSPS) is 13.1. The molecule has 3 rings (SSSR count). The lowest BCUT2D eigenvalue weighted by Gasteiger charge is -2.20. The molecule has 0 radical (unpaired) electrons. The first kappa shape index (κ1) is 18.0. The first-order valence-electron chi connectivity index (χ1n) is 9.16. The standard InChI is InChI=1S/C23H27N3/c1-16-10-5-7-12-20(16)24-18(3)22-14-9-15-23(26-22)19(4)25-21-13-8-6-11-17(21)2/h5-15,18-19,24-25H,1-4H3. The van der Waals surface area contributed by atoms with E-state index >= 15 is 0 Å². The van der Waals surface area contributed by atoms with Gasteiger partial charge in [-0.05, 0) is 63.1 Å². The van der Waals surface area contributed by atoms with E-state index in [-0.39, 0.29) is 12.1 Å². The van der Waals surface area contributed by atoms with Crippen LogP contribution in [-0.4, -0.2) is 4.98 Å². The zero-order valence-electron chi connectivity index (χ0n) is 16.0. The summed E-state index contributed by atoms with van der Waals surface area (Å²) in [6.45, 7) is 8.54. The second kappa shape index (κ2) is 8.05. The molecular formula is C23H27N3. The molecule has 0 amide bonds. The molecule has 0 aliphatic rings. The van der Waals surface area contributed by atoms with Gasteiger partial charge in [0, 0.05) is 11.4 Å². The lowest BCUT2D eigenvalue weighted by molar-refractivity contribution is 0.779. The van der Waals surface area contributed by atoms with Gasteiger partial charge in [-0.2, -0.15) is 0 Å². The molecule has 2 atom stereocenters. The molecule has 2 aromatic carbocycles. The number of aryl methyl sites for hydroxylation is 2. The van der Waals surface area contributed by atoms with Gasteiger partial charge in [-0.1, -0.05) is 42.5 Å². The minimum Gasteiger partial charge on any atom is -0.377 e. The molecule has 0 saturated carbocycles. The second-order valence-electron chi connectivity index (χ2n) is 6.85. The smallest absolute Gasteiger partial charge is 0.0657 e. The van der Waals surface area contributed by atoms with Crippen LogP contribution in [0.25, 0.3) is 0 Å². The molecule has 2 N–H and O–H groups in total. The largest absolute Gasteiger partial charge is 0.377 e. The minimum atomic E-state index is 0.140. The van der Waals surface area contributed by atoms with Crippen LogP contribution in [0.5, 0.6) is 0 Å². The predicted molar refractivity (Wildman–Crippen MR) is 111 cm³/mol. The maximum Gasteiger partial charge on any atom is 0.0657 e. The highest BCUT2D eigenvalue weighted by Crippen LogP contribution is 2.24. The zero-order valence-corrected chi connectivity index (χ0v) is 16.0. The Hall–Kier alpha value is -2.81. The van der Waals surface area contributed by atoms with Crippen molar-refractivity contribution in [3.8, 4) is 0 Å². The summed E-state index contributed by atoms with van der Waals surface area (Å²) in [6, 6.07) is 23.2. The Bertz CT molecular complexity index is 804. The van der Waals surface area contributed by atoms with Crippen LogP contribution in [0, 0.1) is 13.8 Å². The molecule has 3 nitrogen and oxygen atoms in total. The van der Waals surface area contributed by atoms with E-state index in [4.69, 9.17) is 4.98 Å². The van der Waals surface area contributed by atoms with Gasteiger partial charge in [0.15, 0.2) is 0 Å². The molecule has 26 heavy (non-hydrogen) atoms. The van der Waals surface area contributed by atoms with Gasteiger partial charge in [0.25, 0.3) is 0 Å². The Morgan fingerprint density at radius 1 is 0.615 bits per heavy atom. The maximum atomic E-state index is 4.90. The van der Waals surface area contributed by atoms with Crippen LogP contribution in [0.1, 0.15) is 48.4 Å². The number of para-hydroxylation sites is 2. The van der Waals surface area contributed by atoms with Crippen LogP contribution in [0.2, 0.25) is 0 Å². The molecule has 0 fully saturated rings. The fraction of sp³-hybridized carbons (Fsp3) is 0.261. The lowest BCUT2D eigenvalue weighted by atomic mass is 10.1. The Labute approximate surface area is 156 Å². The van der Waals surface area contributed by atoms with Gasteiger partial charge in [-0.15, -0.1) is 0 Å². The van der Waals surface area contributed by atoms with Crippen molar-refractivity contribution in [2.45, 2.75) is 39.8 Å². The van der Waals surface area contributed by atoms with Crippen LogP contribution >= 0.6 is 0 Å². The molecular weight excluding hydrogens is 318 g/mol. The molecule has 0 aliphatic carbocycles. The molecule has 0 saturated heterocycles. The van der Waals surface area contributed by atoms with E-state index in [1.807, 2.05) is 0 Å². The molecule has 3 heteroatoms. The van der Waals surface area contributed by atoms with Gasteiger partial charge < -0.3 is 10.6 Å². The van der Waals surface area contributed by atoms with Gasteiger partial charge in [0.05, 0.1) is 23.5 Å². The number of pyridine rings is 1. The van der Waals surface area contributed by atoms with Crippen molar-refractivity contribution in [1.82, 2.24) is 4.98 Å². The molecule has 1 aromatic heterocycles. The first-order chi connectivity index (χ1) is 12.5.